The molecule has 0 aromatic heterocycles. The van der Waals surface area contributed by atoms with Crippen molar-refractivity contribution < 1.29 is 5.11 Å². The normalized spacial score (nSPS) is 14.1. The molecule has 0 spiro atoms. The predicted molar refractivity (Wildman–Crippen MR) is 105 cm³/mol. The second-order valence-corrected chi connectivity index (χ2v) is 7.85. The van der Waals surface area contributed by atoms with E-state index in [1.54, 1.807) is 6.07 Å². The molecule has 25 heavy (non-hydrogen) atoms. The molecule has 3 aromatic rings. The molecule has 128 valence electrons. The van der Waals surface area contributed by atoms with E-state index in [0.29, 0.717) is 0 Å². The van der Waals surface area contributed by atoms with Gasteiger partial charge in [0.15, 0.2) is 0 Å². The molecule has 1 N–H and O–H groups in total. The smallest absolute Gasteiger partial charge is 0.119 e. The number of benzene rings is 3. The SMILES string of the molecule is CC(C)(c1ccccc1)c1cc(C(C)(Cl)c2ccccc2)ccc1O. The van der Waals surface area contributed by atoms with E-state index in [2.05, 4.69) is 26.0 Å². The fourth-order valence-electron chi connectivity index (χ4n) is 3.26. The zero-order valence-corrected chi connectivity index (χ0v) is 15.6. The number of rotatable bonds is 4. The molecule has 0 heterocycles. The third-order valence-corrected chi connectivity index (χ3v) is 5.46. The average Bonchev–Trinajstić information content (AvgIpc) is 2.63. The summed E-state index contributed by atoms with van der Waals surface area (Å²) in [5.74, 6) is 0.290. The van der Waals surface area contributed by atoms with Crippen molar-refractivity contribution in [2.45, 2.75) is 31.1 Å². The Morgan fingerprint density at radius 1 is 0.680 bits per heavy atom. The van der Waals surface area contributed by atoms with Crippen LogP contribution in [0.3, 0.4) is 0 Å². The zero-order valence-electron chi connectivity index (χ0n) is 14.8. The molecule has 3 rings (SSSR count). The van der Waals surface area contributed by atoms with Crippen LogP contribution >= 0.6 is 11.6 Å². The number of halogens is 1. The van der Waals surface area contributed by atoms with Gasteiger partial charge in [0.25, 0.3) is 0 Å². The highest BCUT2D eigenvalue weighted by molar-refractivity contribution is 6.25. The van der Waals surface area contributed by atoms with Crippen molar-refractivity contribution in [3.63, 3.8) is 0 Å². The van der Waals surface area contributed by atoms with Gasteiger partial charge in [-0.05, 0) is 35.7 Å². The largest absolute Gasteiger partial charge is 0.508 e. The highest BCUT2D eigenvalue weighted by atomic mass is 35.5. The lowest BCUT2D eigenvalue weighted by atomic mass is 9.76. The first-order valence-electron chi connectivity index (χ1n) is 8.47. The first-order chi connectivity index (χ1) is 11.8. The lowest BCUT2D eigenvalue weighted by Gasteiger charge is -2.30. The second-order valence-electron chi connectivity index (χ2n) is 7.09. The maximum Gasteiger partial charge on any atom is 0.119 e. The van der Waals surface area contributed by atoms with Crippen LogP contribution in [0.1, 0.15) is 43.0 Å². The van der Waals surface area contributed by atoms with Gasteiger partial charge in [0.2, 0.25) is 0 Å². The summed E-state index contributed by atoms with van der Waals surface area (Å²) >= 11 is 6.93. The summed E-state index contributed by atoms with van der Waals surface area (Å²) in [5, 5.41) is 10.5. The molecule has 0 aliphatic rings. The molecule has 2 heteroatoms. The van der Waals surface area contributed by atoms with Crippen LogP contribution in [0.4, 0.5) is 0 Å². The summed E-state index contributed by atoms with van der Waals surface area (Å²) < 4.78 is 0. The van der Waals surface area contributed by atoms with Crippen molar-refractivity contribution in [3.8, 4) is 5.75 Å². The van der Waals surface area contributed by atoms with E-state index in [1.165, 1.54) is 0 Å². The third kappa shape index (κ3) is 3.29. The van der Waals surface area contributed by atoms with E-state index in [9.17, 15) is 5.11 Å². The number of hydrogen-bond donors (Lipinski definition) is 1. The lowest BCUT2D eigenvalue weighted by Crippen LogP contribution is -2.21. The molecule has 0 radical (unpaired) electrons. The Morgan fingerprint density at radius 2 is 1.20 bits per heavy atom. The van der Waals surface area contributed by atoms with Crippen molar-refractivity contribution in [3.05, 3.63) is 101 Å². The highest BCUT2D eigenvalue weighted by Crippen LogP contribution is 2.42. The van der Waals surface area contributed by atoms with E-state index in [-0.39, 0.29) is 11.2 Å². The van der Waals surface area contributed by atoms with Crippen LogP contribution in [0.5, 0.6) is 5.75 Å². The van der Waals surface area contributed by atoms with Gasteiger partial charge in [-0.25, -0.2) is 0 Å². The van der Waals surface area contributed by atoms with Gasteiger partial charge in [-0.15, -0.1) is 11.6 Å². The van der Waals surface area contributed by atoms with E-state index in [1.807, 2.05) is 67.6 Å². The van der Waals surface area contributed by atoms with Crippen molar-refractivity contribution in [2.24, 2.45) is 0 Å². The second kappa shape index (κ2) is 6.57. The van der Waals surface area contributed by atoms with Crippen LogP contribution in [0, 0.1) is 0 Å². The van der Waals surface area contributed by atoms with Gasteiger partial charge in [0.1, 0.15) is 5.75 Å². The molecule has 0 saturated heterocycles. The Hall–Kier alpha value is -2.25. The Morgan fingerprint density at radius 3 is 1.76 bits per heavy atom. The lowest BCUT2D eigenvalue weighted by molar-refractivity contribution is 0.452. The molecule has 1 atom stereocenters. The Labute approximate surface area is 154 Å². The summed E-state index contributed by atoms with van der Waals surface area (Å²) in [6.07, 6.45) is 0. The number of alkyl halides is 1. The van der Waals surface area contributed by atoms with Crippen LogP contribution in [0.2, 0.25) is 0 Å². The molecule has 1 unspecified atom stereocenters. The first-order valence-corrected chi connectivity index (χ1v) is 8.85. The molecule has 0 bridgehead atoms. The Bertz CT molecular complexity index is 852. The van der Waals surface area contributed by atoms with Crippen LogP contribution < -0.4 is 0 Å². The van der Waals surface area contributed by atoms with Gasteiger partial charge in [-0.3, -0.25) is 0 Å². The van der Waals surface area contributed by atoms with Crippen LogP contribution in [-0.2, 0) is 10.3 Å². The first kappa shape index (κ1) is 17.6. The Kier molecular flexibility index (Phi) is 4.62. The maximum absolute atomic E-state index is 10.5. The fourth-order valence-corrected chi connectivity index (χ4v) is 3.50. The van der Waals surface area contributed by atoms with Gasteiger partial charge in [0.05, 0.1) is 4.87 Å². The molecule has 0 aliphatic carbocycles. The molecule has 1 nitrogen and oxygen atoms in total. The van der Waals surface area contributed by atoms with Crippen molar-refractivity contribution in [2.75, 3.05) is 0 Å². The monoisotopic (exact) mass is 350 g/mol. The number of hydrogen-bond acceptors (Lipinski definition) is 1. The van der Waals surface area contributed by atoms with Gasteiger partial charge in [-0.1, -0.05) is 80.6 Å². The molecular formula is C23H23ClO. The van der Waals surface area contributed by atoms with Crippen LogP contribution in [0.15, 0.2) is 78.9 Å². The summed E-state index contributed by atoms with van der Waals surface area (Å²) in [4.78, 5) is -0.656. The van der Waals surface area contributed by atoms with Gasteiger partial charge >= 0.3 is 0 Å². The highest BCUT2D eigenvalue weighted by Gasteiger charge is 2.31. The van der Waals surface area contributed by atoms with Crippen molar-refractivity contribution in [1.82, 2.24) is 0 Å². The van der Waals surface area contributed by atoms with E-state index in [4.69, 9.17) is 11.6 Å². The summed E-state index contributed by atoms with van der Waals surface area (Å²) in [5.41, 5.74) is 3.70. The van der Waals surface area contributed by atoms with E-state index < -0.39 is 4.87 Å². The van der Waals surface area contributed by atoms with Gasteiger partial charge < -0.3 is 5.11 Å². The summed E-state index contributed by atoms with van der Waals surface area (Å²) in [6.45, 7) is 6.24. The molecule has 0 amide bonds. The van der Waals surface area contributed by atoms with E-state index >= 15 is 0 Å². The summed E-state index contributed by atoms with van der Waals surface area (Å²) in [6, 6.07) is 25.9. The minimum Gasteiger partial charge on any atom is -0.508 e. The summed E-state index contributed by atoms with van der Waals surface area (Å²) in [7, 11) is 0. The molecule has 0 saturated carbocycles. The van der Waals surface area contributed by atoms with Crippen LogP contribution in [-0.4, -0.2) is 5.11 Å². The van der Waals surface area contributed by atoms with Gasteiger partial charge in [0, 0.05) is 11.0 Å². The number of phenolic OH excluding ortho intramolecular Hbond substituents is 1. The number of aromatic hydroxyl groups is 1. The fraction of sp³-hybridized carbons (Fsp3) is 0.217. The van der Waals surface area contributed by atoms with E-state index in [0.717, 1.165) is 22.3 Å². The quantitative estimate of drug-likeness (QED) is 0.554. The minimum atomic E-state index is -0.656. The maximum atomic E-state index is 10.5. The number of phenols is 1. The topological polar surface area (TPSA) is 20.2 Å². The van der Waals surface area contributed by atoms with Crippen molar-refractivity contribution >= 4 is 11.6 Å². The molecule has 0 fully saturated rings. The molecule has 0 aliphatic heterocycles. The van der Waals surface area contributed by atoms with Crippen molar-refractivity contribution in [1.29, 1.82) is 0 Å². The van der Waals surface area contributed by atoms with Crippen LogP contribution in [0.25, 0.3) is 0 Å². The minimum absolute atomic E-state index is 0.290. The zero-order chi connectivity index (χ0) is 18.1. The average molecular weight is 351 g/mol. The molecule has 3 aromatic carbocycles. The third-order valence-electron chi connectivity index (χ3n) is 5.02. The van der Waals surface area contributed by atoms with Gasteiger partial charge in [-0.2, -0.15) is 0 Å². The standard InChI is InChI=1S/C23H23ClO/c1-22(2,17-10-6-4-7-11-17)20-16-19(14-15-21(20)25)23(3,24)18-12-8-5-9-13-18/h4-16,25H,1-3H3. The molecular weight excluding hydrogens is 328 g/mol. The predicted octanol–water partition coefficient (Wildman–Crippen LogP) is 6.22. The Balaban J connectivity index is 2.10.